The highest BCUT2D eigenvalue weighted by molar-refractivity contribution is 5.85. The molecular weight excluding hydrogens is 394 g/mol. The second-order valence-electron chi connectivity index (χ2n) is 8.06. The molecule has 32 heavy (non-hydrogen) atoms. The van der Waals surface area contributed by atoms with Gasteiger partial charge >= 0.3 is 0 Å². The molecule has 0 unspecified atom stereocenters. The van der Waals surface area contributed by atoms with Gasteiger partial charge in [-0.05, 0) is 61.0 Å². The van der Waals surface area contributed by atoms with Crippen LogP contribution in [0.25, 0.3) is 50.7 Å². The fraction of sp³-hybridized carbons (Fsp3) is 0.0714. The Kier molecular flexibility index (Phi) is 4.18. The summed E-state index contributed by atoms with van der Waals surface area (Å²) in [4.78, 5) is 4.81. The van der Waals surface area contributed by atoms with Gasteiger partial charge in [-0.3, -0.25) is 0 Å². The van der Waals surface area contributed by atoms with Crippen LogP contribution in [0.4, 0.5) is 0 Å². The minimum Gasteiger partial charge on any atom is -0.436 e. The Morgan fingerprint density at radius 2 is 1.50 bits per heavy atom. The van der Waals surface area contributed by atoms with Gasteiger partial charge in [0, 0.05) is 5.56 Å². The number of para-hydroxylation sites is 3. The number of oxazole rings is 1. The first-order chi connectivity index (χ1) is 15.7. The molecule has 6 rings (SSSR count). The van der Waals surface area contributed by atoms with Crippen LogP contribution >= 0.6 is 0 Å². The van der Waals surface area contributed by atoms with Crippen LogP contribution in [0.3, 0.4) is 0 Å². The van der Waals surface area contributed by atoms with Crippen molar-refractivity contribution in [1.82, 2.24) is 9.55 Å². The first-order valence-corrected chi connectivity index (χ1v) is 10.7. The molecule has 6 aromatic rings. The van der Waals surface area contributed by atoms with Crippen LogP contribution in [-0.4, -0.2) is 9.55 Å². The lowest BCUT2D eigenvalue weighted by Gasteiger charge is -2.06. The Hall–Kier alpha value is -4.18. The monoisotopic (exact) mass is 416 g/mol. The van der Waals surface area contributed by atoms with Crippen LogP contribution in [0, 0.1) is 6.92 Å². The maximum Gasteiger partial charge on any atom is 0.295 e. The number of nitrogens with zero attached hydrogens (tertiary/aromatic N) is 3. The number of benzene rings is 4. The van der Waals surface area contributed by atoms with E-state index in [2.05, 4.69) is 83.8 Å². The van der Waals surface area contributed by atoms with E-state index >= 15 is 0 Å². The van der Waals surface area contributed by atoms with Gasteiger partial charge in [0.25, 0.3) is 5.82 Å². The molecule has 4 nitrogen and oxygen atoms in total. The number of rotatable bonds is 3. The van der Waals surface area contributed by atoms with E-state index in [1.807, 2.05) is 36.4 Å². The van der Waals surface area contributed by atoms with Crippen LogP contribution in [0.2, 0.25) is 0 Å². The van der Waals surface area contributed by atoms with Gasteiger partial charge in [-0.15, -0.1) is 0 Å². The van der Waals surface area contributed by atoms with Crippen LogP contribution in [-0.2, 0) is 7.05 Å². The SMILES string of the molecule is Cc1cc2oc(-c3ccccc3)nc2cc1-c1n(-c2ccccc2)c2ccccc2[n+]1C. The Labute approximate surface area is 186 Å². The summed E-state index contributed by atoms with van der Waals surface area (Å²) in [5.74, 6) is 1.76. The maximum absolute atomic E-state index is 6.11. The van der Waals surface area contributed by atoms with E-state index in [9.17, 15) is 0 Å². The molecule has 2 heterocycles. The molecule has 0 spiro atoms. The lowest BCUT2D eigenvalue weighted by molar-refractivity contribution is -0.633. The first-order valence-electron chi connectivity index (χ1n) is 10.7. The first kappa shape index (κ1) is 18.6. The van der Waals surface area contributed by atoms with Crippen molar-refractivity contribution in [3.63, 3.8) is 0 Å². The van der Waals surface area contributed by atoms with Gasteiger partial charge in [0.1, 0.15) is 11.2 Å². The van der Waals surface area contributed by atoms with Crippen LogP contribution in [0.1, 0.15) is 5.56 Å². The zero-order valence-corrected chi connectivity index (χ0v) is 18.0. The van der Waals surface area contributed by atoms with E-state index in [1.54, 1.807) is 0 Å². The maximum atomic E-state index is 6.11. The van der Waals surface area contributed by atoms with Crippen molar-refractivity contribution in [2.24, 2.45) is 7.05 Å². The average Bonchev–Trinajstić information content (AvgIpc) is 3.38. The lowest BCUT2D eigenvalue weighted by atomic mass is 10.1. The van der Waals surface area contributed by atoms with E-state index in [0.29, 0.717) is 5.89 Å². The zero-order chi connectivity index (χ0) is 21.7. The average molecular weight is 417 g/mol. The number of aryl methyl sites for hydroxylation is 2. The van der Waals surface area contributed by atoms with E-state index in [4.69, 9.17) is 9.40 Å². The van der Waals surface area contributed by atoms with Crippen molar-refractivity contribution in [2.75, 3.05) is 0 Å². The largest absolute Gasteiger partial charge is 0.436 e. The molecule has 0 saturated carbocycles. The molecular formula is C28H22N3O+. The molecule has 0 radical (unpaired) electrons. The number of hydrogen-bond donors (Lipinski definition) is 0. The van der Waals surface area contributed by atoms with Crippen molar-refractivity contribution in [3.8, 4) is 28.5 Å². The summed E-state index contributed by atoms with van der Waals surface area (Å²) in [6.45, 7) is 2.13. The lowest BCUT2D eigenvalue weighted by Crippen LogP contribution is -2.30. The summed E-state index contributed by atoms with van der Waals surface area (Å²) in [5, 5.41) is 0. The van der Waals surface area contributed by atoms with Crippen LogP contribution in [0.5, 0.6) is 0 Å². The molecule has 0 amide bonds. The number of hydrogen-bond acceptors (Lipinski definition) is 2. The summed E-state index contributed by atoms with van der Waals surface area (Å²) in [7, 11) is 2.12. The minimum atomic E-state index is 0.644. The van der Waals surface area contributed by atoms with Gasteiger partial charge in [-0.25, -0.2) is 9.55 Å². The summed E-state index contributed by atoms with van der Waals surface area (Å²) in [5.41, 5.74) is 8.38. The van der Waals surface area contributed by atoms with Crippen molar-refractivity contribution in [3.05, 3.63) is 103 Å². The predicted molar refractivity (Wildman–Crippen MR) is 128 cm³/mol. The fourth-order valence-corrected chi connectivity index (χ4v) is 4.48. The molecule has 0 aliphatic heterocycles. The van der Waals surface area contributed by atoms with E-state index in [-0.39, 0.29) is 0 Å². The molecule has 4 heteroatoms. The Morgan fingerprint density at radius 3 is 2.28 bits per heavy atom. The van der Waals surface area contributed by atoms with Gasteiger partial charge in [0.05, 0.1) is 12.6 Å². The van der Waals surface area contributed by atoms with Gasteiger partial charge in [0.15, 0.2) is 16.6 Å². The summed E-state index contributed by atoms with van der Waals surface area (Å²) >= 11 is 0. The molecule has 0 aliphatic carbocycles. The summed E-state index contributed by atoms with van der Waals surface area (Å²) in [6.07, 6.45) is 0. The standard InChI is InChI=1S/C28H22N3O/c1-19-17-26-23(29-27(32-26)20-11-5-3-6-12-20)18-22(19)28-30(2)24-15-9-10-16-25(24)31(28)21-13-7-4-8-14-21/h3-18H,1-2H3/q+1. The molecule has 0 fully saturated rings. The van der Waals surface area contributed by atoms with Gasteiger partial charge < -0.3 is 4.42 Å². The third-order valence-electron chi connectivity index (χ3n) is 6.02. The summed E-state index contributed by atoms with van der Waals surface area (Å²) < 4.78 is 10.7. The number of aromatic nitrogens is 3. The highest BCUT2D eigenvalue weighted by Gasteiger charge is 2.27. The second kappa shape index (κ2) is 7.20. The summed E-state index contributed by atoms with van der Waals surface area (Å²) in [6, 6.07) is 33.3. The highest BCUT2D eigenvalue weighted by atomic mass is 16.3. The van der Waals surface area contributed by atoms with Gasteiger partial charge in [-0.1, -0.05) is 48.5 Å². The van der Waals surface area contributed by atoms with Crippen molar-refractivity contribution < 1.29 is 8.98 Å². The predicted octanol–water partition coefficient (Wildman–Crippen LogP) is 6.24. The number of fused-ring (bicyclic) bond motifs is 2. The fourth-order valence-electron chi connectivity index (χ4n) is 4.48. The smallest absolute Gasteiger partial charge is 0.295 e. The van der Waals surface area contributed by atoms with Gasteiger partial charge in [0.2, 0.25) is 5.89 Å². The molecule has 0 atom stereocenters. The van der Waals surface area contributed by atoms with Crippen molar-refractivity contribution >= 4 is 22.1 Å². The molecule has 4 aromatic carbocycles. The Balaban J connectivity index is 1.63. The second-order valence-corrected chi connectivity index (χ2v) is 8.06. The van der Waals surface area contributed by atoms with Crippen molar-refractivity contribution in [1.29, 1.82) is 0 Å². The van der Waals surface area contributed by atoms with E-state index in [0.717, 1.165) is 39.3 Å². The van der Waals surface area contributed by atoms with Crippen molar-refractivity contribution in [2.45, 2.75) is 6.92 Å². The Bertz CT molecular complexity index is 1580. The molecule has 0 N–H and O–H groups in total. The van der Waals surface area contributed by atoms with Crippen LogP contribution < -0.4 is 4.57 Å². The third-order valence-corrected chi connectivity index (χ3v) is 6.02. The quantitative estimate of drug-likeness (QED) is 0.320. The molecule has 0 bridgehead atoms. The topological polar surface area (TPSA) is 34.8 Å². The van der Waals surface area contributed by atoms with E-state index in [1.165, 1.54) is 11.0 Å². The van der Waals surface area contributed by atoms with Gasteiger partial charge in [-0.2, -0.15) is 4.57 Å². The minimum absolute atomic E-state index is 0.644. The molecule has 154 valence electrons. The number of imidazole rings is 1. The zero-order valence-electron chi connectivity index (χ0n) is 18.0. The third kappa shape index (κ3) is 2.84. The normalized spacial score (nSPS) is 11.4. The molecule has 0 aliphatic rings. The highest BCUT2D eigenvalue weighted by Crippen LogP contribution is 2.33. The van der Waals surface area contributed by atoms with Crippen LogP contribution in [0.15, 0.2) is 101 Å². The molecule has 0 saturated heterocycles. The Morgan fingerprint density at radius 1 is 0.812 bits per heavy atom. The van der Waals surface area contributed by atoms with E-state index < -0.39 is 0 Å². The molecule has 2 aromatic heterocycles.